The molecule has 12 heavy (non-hydrogen) atoms. The van der Waals surface area contributed by atoms with Gasteiger partial charge in [-0.15, -0.1) is 0 Å². The molecule has 0 aromatic rings. The Kier molecular flexibility index (Phi) is 11.9. The average Bonchev–Trinajstić information content (AvgIpc) is 1.87. The fraction of sp³-hybridized carbons (Fsp3) is 0.571. The summed E-state index contributed by atoms with van der Waals surface area (Å²) in [5, 5.41) is 0. The topological polar surface area (TPSA) is 52.6 Å². The Morgan fingerprint density at radius 3 is 1.67 bits per heavy atom. The van der Waals surface area contributed by atoms with Crippen LogP contribution in [0.5, 0.6) is 0 Å². The molecule has 0 rings (SSSR count). The van der Waals surface area contributed by atoms with E-state index >= 15 is 0 Å². The number of carbonyl (C=O) groups is 2. The molecule has 0 unspecified atom stereocenters. The van der Waals surface area contributed by atoms with Crippen LogP contribution in [0.1, 0.15) is 13.8 Å². The van der Waals surface area contributed by atoms with Crippen LogP contribution in [0.15, 0.2) is 0 Å². The molecule has 0 saturated carbocycles. The first-order valence-electron chi connectivity index (χ1n) is 3.39. The Morgan fingerprint density at radius 1 is 1.08 bits per heavy atom. The van der Waals surface area contributed by atoms with E-state index in [4.69, 9.17) is 0 Å². The molecule has 0 aliphatic carbocycles. The van der Waals surface area contributed by atoms with Crippen molar-refractivity contribution in [2.75, 3.05) is 13.2 Å². The SMILES string of the molecule is CCOC(=O)[CH-]C(=O)OCC.[K+]. The zero-order valence-electron chi connectivity index (χ0n) is 7.62. The Hall–Kier alpha value is 0.446. The quantitative estimate of drug-likeness (QED) is 0.214. The van der Waals surface area contributed by atoms with Crippen LogP contribution in [0.4, 0.5) is 0 Å². The predicted molar refractivity (Wildman–Crippen MR) is 37.6 cm³/mol. The number of ether oxygens (including phenoxy) is 2. The third-order valence-electron chi connectivity index (χ3n) is 0.809. The van der Waals surface area contributed by atoms with Crippen LogP contribution in [-0.2, 0) is 19.1 Å². The molecule has 0 aromatic carbocycles. The standard InChI is InChI=1S/C7H11O4.K/c1-3-10-6(8)5-7(9)11-4-2;/h5H,3-4H2,1-2H3;/q-1;+1. The first kappa shape index (κ1) is 14.9. The van der Waals surface area contributed by atoms with Gasteiger partial charge in [0.1, 0.15) is 0 Å². The van der Waals surface area contributed by atoms with E-state index in [-0.39, 0.29) is 64.6 Å². The van der Waals surface area contributed by atoms with Gasteiger partial charge in [-0.25, -0.2) is 0 Å². The molecule has 0 amide bonds. The fourth-order valence-electron chi connectivity index (χ4n) is 0.464. The van der Waals surface area contributed by atoms with Crippen LogP contribution in [-0.4, -0.2) is 25.2 Å². The summed E-state index contributed by atoms with van der Waals surface area (Å²) in [4.78, 5) is 21.1. The van der Waals surface area contributed by atoms with Crippen LogP contribution >= 0.6 is 0 Å². The summed E-state index contributed by atoms with van der Waals surface area (Å²) in [6, 6.07) is 0. The van der Waals surface area contributed by atoms with Gasteiger partial charge >= 0.3 is 51.4 Å². The number of carbonyl (C=O) groups excluding carboxylic acids is 2. The van der Waals surface area contributed by atoms with Crippen LogP contribution in [0.25, 0.3) is 0 Å². The second-order valence-electron chi connectivity index (χ2n) is 1.65. The smallest absolute Gasteiger partial charge is 0.488 e. The van der Waals surface area contributed by atoms with Gasteiger partial charge in [0, 0.05) is 0 Å². The zero-order chi connectivity index (χ0) is 8.69. The van der Waals surface area contributed by atoms with Gasteiger partial charge in [0.2, 0.25) is 0 Å². The minimum atomic E-state index is -0.661. The van der Waals surface area contributed by atoms with Gasteiger partial charge in [0.25, 0.3) is 0 Å². The molecule has 0 radical (unpaired) electrons. The normalized spacial score (nSPS) is 7.83. The molecule has 0 N–H and O–H groups in total. The van der Waals surface area contributed by atoms with Crippen LogP contribution in [0.3, 0.4) is 0 Å². The molecule has 64 valence electrons. The van der Waals surface area contributed by atoms with E-state index in [0.717, 1.165) is 6.42 Å². The summed E-state index contributed by atoms with van der Waals surface area (Å²) in [5.41, 5.74) is 0. The number of esters is 2. The molecule has 0 aliphatic rings. The molecule has 0 aliphatic heterocycles. The molecular weight excluding hydrogens is 187 g/mol. The molecule has 0 aromatic heterocycles. The predicted octanol–water partition coefficient (Wildman–Crippen LogP) is -2.68. The van der Waals surface area contributed by atoms with Gasteiger partial charge in [-0.05, 0) is 13.8 Å². The Morgan fingerprint density at radius 2 is 1.42 bits per heavy atom. The molecule has 0 spiro atoms. The summed E-state index contributed by atoms with van der Waals surface area (Å²) in [5.74, 6) is -1.32. The maximum atomic E-state index is 10.5. The maximum Gasteiger partial charge on any atom is 1.00 e. The van der Waals surface area contributed by atoms with Crippen molar-refractivity contribution >= 4 is 11.9 Å². The van der Waals surface area contributed by atoms with Crippen LogP contribution < -0.4 is 51.4 Å². The van der Waals surface area contributed by atoms with E-state index in [0.29, 0.717) is 0 Å². The molecule has 0 saturated heterocycles. The van der Waals surface area contributed by atoms with Crippen LogP contribution in [0, 0.1) is 6.42 Å². The van der Waals surface area contributed by atoms with Crippen molar-refractivity contribution in [1.82, 2.24) is 0 Å². The van der Waals surface area contributed by atoms with Gasteiger partial charge in [-0.3, -0.25) is 9.59 Å². The Bertz CT molecular complexity index is 130. The molecule has 0 atom stereocenters. The summed E-state index contributed by atoms with van der Waals surface area (Å²) >= 11 is 0. The van der Waals surface area contributed by atoms with Crippen molar-refractivity contribution in [2.45, 2.75) is 13.8 Å². The number of hydrogen-bond donors (Lipinski definition) is 0. The summed E-state index contributed by atoms with van der Waals surface area (Å²) in [6.45, 7) is 3.84. The van der Waals surface area contributed by atoms with Crippen molar-refractivity contribution in [2.24, 2.45) is 0 Å². The number of hydrogen-bond acceptors (Lipinski definition) is 4. The second-order valence-corrected chi connectivity index (χ2v) is 1.65. The second kappa shape index (κ2) is 9.53. The van der Waals surface area contributed by atoms with Gasteiger partial charge in [0.05, 0.1) is 13.2 Å². The van der Waals surface area contributed by atoms with Crippen molar-refractivity contribution in [3.8, 4) is 0 Å². The average molecular weight is 198 g/mol. The van der Waals surface area contributed by atoms with E-state index in [2.05, 4.69) is 9.47 Å². The minimum absolute atomic E-state index is 0. The Labute approximate surface area is 114 Å². The molecule has 0 heterocycles. The largest absolute Gasteiger partial charge is 1.00 e. The van der Waals surface area contributed by atoms with Gasteiger partial charge in [-0.1, -0.05) is 0 Å². The zero-order valence-corrected chi connectivity index (χ0v) is 10.7. The molecule has 5 heteroatoms. The summed E-state index contributed by atoms with van der Waals surface area (Å²) in [6.07, 6.45) is 0.785. The Balaban J connectivity index is 0. The summed E-state index contributed by atoms with van der Waals surface area (Å²) < 4.78 is 8.93. The first-order chi connectivity index (χ1) is 5.20. The maximum absolute atomic E-state index is 10.5. The third kappa shape index (κ3) is 8.54. The van der Waals surface area contributed by atoms with E-state index < -0.39 is 11.9 Å². The molecular formula is C7H11KO4. The minimum Gasteiger partial charge on any atom is -0.488 e. The fourth-order valence-corrected chi connectivity index (χ4v) is 0.464. The van der Waals surface area contributed by atoms with Gasteiger partial charge in [-0.2, -0.15) is 6.42 Å². The summed E-state index contributed by atoms with van der Waals surface area (Å²) in [7, 11) is 0. The monoisotopic (exact) mass is 198 g/mol. The van der Waals surface area contributed by atoms with E-state index in [1.54, 1.807) is 13.8 Å². The van der Waals surface area contributed by atoms with E-state index in [1.165, 1.54) is 0 Å². The van der Waals surface area contributed by atoms with E-state index in [1.807, 2.05) is 0 Å². The first-order valence-corrected chi connectivity index (χ1v) is 3.39. The molecule has 0 fully saturated rings. The van der Waals surface area contributed by atoms with E-state index in [9.17, 15) is 9.59 Å². The van der Waals surface area contributed by atoms with Crippen molar-refractivity contribution in [3.05, 3.63) is 6.42 Å². The van der Waals surface area contributed by atoms with Gasteiger partial charge in [0.15, 0.2) is 11.9 Å². The van der Waals surface area contributed by atoms with Crippen molar-refractivity contribution in [3.63, 3.8) is 0 Å². The molecule has 4 nitrogen and oxygen atoms in total. The van der Waals surface area contributed by atoms with Crippen LogP contribution in [0.2, 0.25) is 0 Å². The van der Waals surface area contributed by atoms with Crippen molar-refractivity contribution < 1.29 is 70.4 Å². The van der Waals surface area contributed by atoms with Gasteiger partial charge < -0.3 is 9.47 Å². The van der Waals surface area contributed by atoms with Crippen molar-refractivity contribution in [1.29, 1.82) is 0 Å². The number of rotatable bonds is 4. The molecule has 0 bridgehead atoms. The third-order valence-corrected chi connectivity index (χ3v) is 0.809.